The largest absolute Gasteiger partial charge is 0.468 e. The predicted molar refractivity (Wildman–Crippen MR) is 99.0 cm³/mol. The average molecular weight is 372 g/mol. The Morgan fingerprint density at radius 3 is 2.15 bits per heavy atom. The SMILES string of the molecule is CCOC(=O)c1ccc(CC(C(=O)OC)(C(=O)OC)C2C=CC=CC2)cc1. The predicted octanol–water partition coefficient (Wildman–Crippen LogP) is 2.87. The van der Waals surface area contributed by atoms with Crippen LogP contribution in [0.5, 0.6) is 0 Å². The van der Waals surface area contributed by atoms with Crippen LogP contribution in [0.25, 0.3) is 0 Å². The van der Waals surface area contributed by atoms with Gasteiger partial charge in [0.1, 0.15) is 0 Å². The molecule has 0 saturated heterocycles. The number of allylic oxidation sites excluding steroid dienone is 4. The summed E-state index contributed by atoms with van der Waals surface area (Å²) in [6, 6.07) is 6.64. The molecule has 2 rings (SSSR count). The summed E-state index contributed by atoms with van der Waals surface area (Å²) in [7, 11) is 2.51. The van der Waals surface area contributed by atoms with Crippen molar-refractivity contribution >= 4 is 17.9 Å². The number of hydrogen-bond acceptors (Lipinski definition) is 6. The van der Waals surface area contributed by atoms with E-state index in [4.69, 9.17) is 14.2 Å². The summed E-state index contributed by atoms with van der Waals surface area (Å²) in [6.07, 6.45) is 8.00. The summed E-state index contributed by atoms with van der Waals surface area (Å²) in [4.78, 5) is 37.3. The molecular formula is C21H24O6. The summed E-state index contributed by atoms with van der Waals surface area (Å²) in [5.41, 5.74) is -0.388. The van der Waals surface area contributed by atoms with Crippen LogP contribution in [0.1, 0.15) is 29.3 Å². The average Bonchev–Trinajstić information content (AvgIpc) is 2.72. The number of ether oxygens (including phenoxy) is 3. The molecule has 1 unspecified atom stereocenters. The van der Waals surface area contributed by atoms with Crippen molar-refractivity contribution in [3.63, 3.8) is 0 Å². The zero-order valence-corrected chi connectivity index (χ0v) is 15.8. The maximum atomic E-state index is 12.7. The molecule has 0 spiro atoms. The Labute approximate surface area is 158 Å². The molecule has 0 N–H and O–H groups in total. The van der Waals surface area contributed by atoms with Gasteiger partial charge in [0.15, 0.2) is 5.41 Å². The first-order valence-corrected chi connectivity index (χ1v) is 8.75. The molecule has 0 radical (unpaired) electrons. The number of carbonyl (C=O) groups is 3. The van der Waals surface area contributed by atoms with Crippen molar-refractivity contribution in [1.29, 1.82) is 0 Å². The van der Waals surface area contributed by atoms with E-state index in [0.717, 1.165) is 0 Å². The van der Waals surface area contributed by atoms with Gasteiger partial charge in [-0.1, -0.05) is 36.4 Å². The van der Waals surface area contributed by atoms with E-state index >= 15 is 0 Å². The monoisotopic (exact) mass is 372 g/mol. The van der Waals surface area contributed by atoms with E-state index in [9.17, 15) is 14.4 Å². The zero-order valence-electron chi connectivity index (χ0n) is 15.8. The van der Waals surface area contributed by atoms with Crippen LogP contribution in [0.2, 0.25) is 0 Å². The van der Waals surface area contributed by atoms with Gasteiger partial charge in [0.2, 0.25) is 0 Å². The molecule has 0 fully saturated rings. The normalized spacial score (nSPS) is 15.9. The van der Waals surface area contributed by atoms with Gasteiger partial charge in [-0.25, -0.2) is 4.79 Å². The molecule has 0 aliphatic heterocycles. The second-order valence-corrected chi connectivity index (χ2v) is 6.20. The lowest BCUT2D eigenvalue weighted by Gasteiger charge is -2.34. The fourth-order valence-electron chi connectivity index (χ4n) is 3.27. The van der Waals surface area contributed by atoms with Gasteiger partial charge in [0.25, 0.3) is 0 Å². The van der Waals surface area contributed by atoms with E-state index in [0.29, 0.717) is 17.5 Å². The second-order valence-electron chi connectivity index (χ2n) is 6.20. The summed E-state index contributed by atoms with van der Waals surface area (Å²) in [5.74, 6) is -2.11. The number of carbonyl (C=O) groups excluding carboxylic acids is 3. The molecule has 6 heteroatoms. The molecule has 0 saturated carbocycles. The van der Waals surface area contributed by atoms with Crippen LogP contribution in [0, 0.1) is 11.3 Å². The molecular weight excluding hydrogens is 348 g/mol. The van der Waals surface area contributed by atoms with Crippen molar-refractivity contribution in [2.45, 2.75) is 19.8 Å². The first-order chi connectivity index (χ1) is 13.0. The first-order valence-electron chi connectivity index (χ1n) is 8.75. The molecule has 144 valence electrons. The van der Waals surface area contributed by atoms with Gasteiger partial charge in [0, 0.05) is 5.92 Å². The highest BCUT2D eigenvalue weighted by Gasteiger charge is 2.53. The van der Waals surface area contributed by atoms with Gasteiger partial charge in [-0.3, -0.25) is 9.59 Å². The minimum absolute atomic E-state index is 0.0955. The summed E-state index contributed by atoms with van der Waals surface area (Å²) in [6.45, 7) is 2.02. The quantitative estimate of drug-likeness (QED) is 0.416. The Kier molecular flexibility index (Phi) is 6.93. The van der Waals surface area contributed by atoms with Crippen LogP contribution in [-0.2, 0) is 30.2 Å². The Balaban J connectivity index is 2.40. The standard InChI is InChI=1S/C21H24O6/c1-4-27-18(22)16-12-10-15(11-13-16)14-21(19(23)25-2,20(24)26-3)17-8-6-5-7-9-17/h5-8,10-13,17H,4,9,14H2,1-3H3. The van der Waals surface area contributed by atoms with Crippen molar-refractivity contribution in [1.82, 2.24) is 0 Å². The fraction of sp³-hybridized carbons (Fsp3) is 0.381. The van der Waals surface area contributed by atoms with Crippen LogP contribution in [0.4, 0.5) is 0 Å². The minimum Gasteiger partial charge on any atom is -0.468 e. The number of benzene rings is 1. The van der Waals surface area contributed by atoms with Gasteiger partial charge in [0.05, 0.1) is 26.4 Å². The third-order valence-corrected chi connectivity index (χ3v) is 4.66. The Morgan fingerprint density at radius 2 is 1.67 bits per heavy atom. The maximum Gasteiger partial charge on any atom is 0.338 e. The number of rotatable bonds is 7. The van der Waals surface area contributed by atoms with E-state index in [1.54, 1.807) is 37.3 Å². The molecule has 1 aromatic carbocycles. The lowest BCUT2D eigenvalue weighted by atomic mass is 9.68. The smallest absolute Gasteiger partial charge is 0.338 e. The van der Waals surface area contributed by atoms with Crippen molar-refractivity contribution in [3.8, 4) is 0 Å². The van der Waals surface area contributed by atoms with Gasteiger partial charge in [-0.2, -0.15) is 0 Å². The van der Waals surface area contributed by atoms with Crippen molar-refractivity contribution < 1.29 is 28.6 Å². The third-order valence-electron chi connectivity index (χ3n) is 4.66. The van der Waals surface area contributed by atoms with E-state index < -0.39 is 29.2 Å². The molecule has 6 nitrogen and oxygen atoms in total. The topological polar surface area (TPSA) is 78.9 Å². The van der Waals surface area contributed by atoms with Gasteiger partial charge < -0.3 is 14.2 Å². The maximum absolute atomic E-state index is 12.7. The van der Waals surface area contributed by atoms with E-state index in [1.807, 2.05) is 18.2 Å². The molecule has 1 aliphatic rings. The molecule has 0 heterocycles. The summed E-state index contributed by atoms with van der Waals surface area (Å²) in [5, 5.41) is 0. The van der Waals surface area contributed by atoms with Gasteiger partial charge in [-0.05, 0) is 37.5 Å². The highest BCUT2D eigenvalue weighted by atomic mass is 16.5. The highest BCUT2D eigenvalue weighted by Crippen LogP contribution is 2.39. The van der Waals surface area contributed by atoms with Crippen LogP contribution < -0.4 is 0 Å². The molecule has 0 aromatic heterocycles. The highest BCUT2D eigenvalue weighted by molar-refractivity contribution is 6.01. The zero-order chi connectivity index (χ0) is 19.9. The Bertz CT molecular complexity index is 728. The molecule has 0 bridgehead atoms. The van der Waals surface area contributed by atoms with Gasteiger partial charge in [-0.15, -0.1) is 0 Å². The van der Waals surface area contributed by atoms with E-state index in [2.05, 4.69) is 0 Å². The van der Waals surface area contributed by atoms with Crippen molar-refractivity contribution in [2.24, 2.45) is 11.3 Å². The van der Waals surface area contributed by atoms with Crippen molar-refractivity contribution in [3.05, 3.63) is 59.7 Å². The molecule has 1 aromatic rings. The molecule has 1 aliphatic carbocycles. The van der Waals surface area contributed by atoms with Crippen LogP contribution in [-0.4, -0.2) is 38.7 Å². The molecule has 0 amide bonds. The van der Waals surface area contributed by atoms with E-state index in [1.165, 1.54) is 14.2 Å². The Morgan fingerprint density at radius 1 is 1.04 bits per heavy atom. The lowest BCUT2D eigenvalue weighted by Crippen LogP contribution is -2.48. The second kappa shape index (κ2) is 9.16. The van der Waals surface area contributed by atoms with Crippen molar-refractivity contribution in [2.75, 3.05) is 20.8 Å². The van der Waals surface area contributed by atoms with Crippen LogP contribution >= 0.6 is 0 Å². The summed E-state index contributed by atoms with van der Waals surface area (Å²) < 4.78 is 14.9. The van der Waals surface area contributed by atoms with Crippen LogP contribution in [0.15, 0.2) is 48.6 Å². The lowest BCUT2D eigenvalue weighted by molar-refractivity contribution is -0.172. The minimum atomic E-state index is -1.50. The van der Waals surface area contributed by atoms with Gasteiger partial charge >= 0.3 is 17.9 Å². The Hall–Kier alpha value is -2.89. The summed E-state index contributed by atoms with van der Waals surface area (Å²) >= 11 is 0. The molecule has 27 heavy (non-hydrogen) atoms. The van der Waals surface area contributed by atoms with E-state index in [-0.39, 0.29) is 13.0 Å². The number of esters is 3. The van der Waals surface area contributed by atoms with Crippen LogP contribution in [0.3, 0.4) is 0 Å². The molecule has 1 atom stereocenters. The fourth-order valence-corrected chi connectivity index (χ4v) is 3.27. The number of hydrogen-bond donors (Lipinski definition) is 0. The third kappa shape index (κ3) is 4.27. The first kappa shape index (κ1) is 20.4. The number of methoxy groups -OCH3 is 2.